The third kappa shape index (κ3) is 6.74. The van der Waals surface area contributed by atoms with Crippen LogP contribution >= 0.6 is 0 Å². The molecule has 0 bridgehead atoms. The molecule has 0 radical (unpaired) electrons. The summed E-state index contributed by atoms with van der Waals surface area (Å²) in [7, 11) is 2.55. The van der Waals surface area contributed by atoms with Gasteiger partial charge in [0.25, 0.3) is 0 Å². The summed E-state index contributed by atoms with van der Waals surface area (Å²) in [5.41, 5.74) is 0.189. The number of aliphatic hydroxyl groups is 5. The average molecular weight is 810 g/mol. The van der Waals surface area contributed by atoms with Crippen molar-refractivity contribution in [3.63, 3.8) is 0 Å². The van der Waals surface area contributed by atoms with Gasteiger partial charge >= 0.3 is 11.3 Å². The summed E-state index contributed by atoms with van der Waals surface area (Å²) in [5.74, 6) is -5.12. The van der Waals surface area contributed by atoms with E-state index in [1.54, 1.807) is 6.92 Å². The van der Waals surface area contributed by atoms with Crippen molar-refractivity contribution >= 4 is 11.0 Å². The normalized spacial score (nSPS) is 23.5. The van der Waals surface area contributed by atoms with Gasteiger partial charge in [-0.05, 0) is 17.7 Å². The second-order valence-corrected chi connectivity index (χ2v) is 14.0. The third-order valence-corrected chi connectivity index (χ3v) is 10.4. The van der Waals surface area contributed by atoms with Gasteiger partial charge in [0.1, 0.15) is 70.2 Å². The van der Waals surface area contributed by atoms with E-state index in [9.17, 15) is 61.3 Å². The van der Waals surface area contributed by atoms with Gasteiger partial charge in [-0.3, -0.25) is 0 Å². The fourth-order valence-corrected chi connectivity index (χ4v) is 7.40. The molecular formula is C40H41O18+. The summed E-state index contributed by atoms with van der Waals surface area (Å²) in [6.45, 7) is 0.788. The first-order valence-corrected chi connectivity index (χ1v) is 17.8. The number of phenols is 7. The highest BCUT2D eigenvalue weighted by Gasteiger charge is 2.46. The standard InChI is InChI=1S/C40H40O18/c1-14(30-23(46)11-20(43)17-9-25(48)36(57-38(17)30)15-4-5-19(42)22(45)6-15)31-24(47)12-21(44)18-10-28(55-40-35(52)34(51)33(50)29(13-41)56-40)37(58-39(18)31)16-7-26(53-2)32(49)27(8-16)54-3/h4-8,10-12,14,25,29,33-36,40-41,48,50-52H,9,13H2,1-3H3,(H6-,42,43,44,45,46,47,49)/p+1/t14-,25+,29-,33-,34+,35-,36-,40-/m1/s1. The predicted molar refractivity (Wildman–Crippen MR) is 199 cm³/mol. The fourth-order valence-electron chi connectivity index (χ4n) is 7.40. The average Bonchev–Trinajstić information content (AvgIpc) is 3.19. The molecule has 18 heteroatoms. The highest BCUT2D eigenvalue weighted by Crippen LogP contribution is 2.54. The van der Waals surface area contributed by atoms with Crippen LogP contribution < -0.4 is 18.9 Å². The maximum Gasteiger partial charge on any atom is 0.402 e. The zero-order chi connectivity index (χ0) is 41.9. The van der Waals surface area contributed by atoms with Crippen molar-refractivity contribution in [3.8, 4) is 74.6 Å². The number of hydrogen-bond acceptors (Lipinski definition) is 17. The van der Waals surface area contributed by atoms with E-state index in [4.69, 9.17) is 28.1 Å². The zero-order valence-electron chi connectivity index (χ0n) is 31.0. The highest BCUT2D eigenvalue weighted by molar-refractivity contribution is 5.92. The van der Waals surface area contributed by atoms with E-state index in [1.165, 1.54) is 50.6 Å². The molecule has 308 valence electrons. The Labute approximate surface area is 328 Å². The Morgan fingerprint density at radius 2 is 1.38 bits per heavy atom. The Morgan fingerprint density at radius 1 is 0.724 bits per heavy atom. The summed E-state index contributed by atoms with van der Waals surface area (Å²) >= 11 is 0. The molecule has 1 saturated heterocycles. The van der Waals surface area contributed by atoms with Gasteiger partial charge in [-0.1, -0.05) is 13.0 Å². The van der Waals surface area contributed by atoms with Crippen molar-refractivity contribution < 1.29 is 89.4 Å². The summed E-state index contributed by atoms with van der Waals surface area (Å²) in [6.07, 6.45) is -11.1. The van der Waals surface area contributed by atoms with E-state index in [1.807, 2.05) is 0 Å². The lowest BCUT2D eigenvalue weighted by molar-refractivity contribution is -0.277. The highest BCUT2D eigenvalue weighted by atomic mass is 16.7. The van der Waals surface area contributed by atoms with Crippen molar-refractivity contribution in [1.29, 1.82) is 0 Å². The Balaban J connectivity index is 1.43. The molecule has 18 nitrogen and oxygen atoms in total. The van der Waals surface area contributed by atoms with E-state index in [0.29, 0.717) is 0 Å². The molecule has 0 aliphatic carbocycles. The number of methoxy groups -OCH3 is 2. The van der Waals surface area contributed by atoms with Crippen LogP contribution in [0.3, 0.4) is 0 Å². The molecule has 2 aliphatic heterocycles. The van der Waals surface area contributed by atoms with Crippen LogP contribution in [0.1, 0.15) is 41.2 Å². The van der Waals surface area contributed by atoms with Crippen LogP contribution in [0.5, 0.6) is 63.2 Å². The smallest absolute Gasteiger partial charge is 0.402 e. The quantitative estimate of drug-likeness (QED) is 0.0752. The van der Waals surface area contributed by atoms with Gasteiger partial charge in [0.05, 0.1) is 32.5 Å². The van der Waals surface area contributed by atoms with Crippen LogP contribution in [-0.4, -0.2) is 119 Å². The number of benzene rings is 4. The molecule has 0 saturated carbocycles. The molecular weight excluding hydrogens is 768 g/mol. The van der Waals surface area contributed by atoms with Crippen molar-refractivity contribution in [2.24, 2.45) is 0 Å². The SMILES string of the molecule is COc1cc(-c2[o+]c3c([C@H](C)c4c(O)cc(O)c5c4O[C@H](c4ccc(O)c(O)c4)[C@@H](O)C5)c(O)cc(O)c3cc2O[C@@H]2O[C@H](CO)[C@@H](O)[C@H](O)[C@H]2O)cc(OC)c1O. The molecule has 2 aliphatic rings. The molecule has 0 unspecified atom stereocenters. The first kappa shape index (κ1) is 40.1. The Bertz CT molecular complexity index is 2350. The van der Waals surface area contributed by atoms with Crippen LogP contribution in [0.25, 0.3) is 22.3 Å². The molecule has 7 rings (SSSR count). The van der Waals surface area contributed by atoms with E-state index in [2.05, 4.69) is 0 Å². The number of aliphatic hydroxyl groups excluding tert-OH is 5. The number of ether oxygens (including phenoxy) is 5. The van der Waals surface area contributed by atoms with Crippen LogP contribution in [0.2, 0.25) is 0 Å². The molecule has 0 amide bonds. The van der Waals surface area contributed by atoms with Gasteiger partial charge in [0.2, 0.25) is 17.8 Å². The Morgan fingerprint density at radius 3 is 2.02 bits per heavy atom. The summed E-state index contributed by atoms with van der Waals surface area (Å²) in [5, 5.41) is 128. The topological polar surface area (TPSA) is 300 Å². The summed E-state index contributed by atoms with van der Waals surface area (Å²) < 4.78 is 35.0. The molecule has 12 N–H and O–H groups in total. The van der Waals surface area contributed by atoms with Crippen LogP contribution in [0.4, 0.5) is 0 Å². The number of rotatable bonds is 9. The minimum atomic E-state index is -1.87. The zero-order valence-corrected chi connectivity index (χ0v) is 31.0. The van der Waals surface area contributed by atoms with Crippen molar-refractivity contribution in [2.45, 2.75) is 62.2 Å². The van der Waals surface area contributed by atoms with Crippen molar-refractivity contribution in [1.82, 2.24) is 0 Å². The van der Waals surface area contributed by atoms with E-state index in [-0.39, 0.29) is 79.7 Å². The lowest BCUT2D eigenvalue weighted by Gasteiger charge is -2.39. The maximum atomic E-state index is 11.5. The van der Waals surface area contributed by atoms with Gasteiger partial charge in [-0.15, -0.1) is 0 Å². The molecule has 1 fully saturated rings. The largest absolute Gasteiger partial charge is 0.507 e. The summed E-state index contributed by atoms with van der Waals surface area (Å²) in [4.78, 5) is 0. The second-order valence-electron chi connectivity index (χ2n) is 14.0. The number of phenolic OH excluding ortho intramolecular Hbond substituents is 7. The van der Waals surface area contributed by atoms with Crippen LogP contribution in [0.15, 0.2) is 52.9 Å². The first-order valence-electron chi connectivity index (χ1n) is 17.8. The molecule has 58 heavy (non-hydrogen) atoms. The Hall–Kier alpha value is -6.15. The fraction of sp³-hybridized carbons (Fsp3) is 0.325. The second kappa shape index (κ2) is 15.3. The van der Waals surface area contributed by atoms with Gasteiger partial charge in [0, 0.05) is 53.8 Å². The maximum absolute atomic E-state index is 11.5. The lowest BCUT2D eigenvalue weighted by Crippen LogP contribution is -2.60. The third-order valence-electron chi connectivity index (χ3n) is 10.4. The molecule has 8 atom stereocenters. The first-order chi connectivity index (χ1) is 27.6. The number of aromatic hydroxyl groups is 7. The van der Waals surface area contributed by atoms with E-state index in [0.717, 1.165) is 12.1 Å². The molecule has 5 aromatic rings. The molecule has 3 heterocycles. The van der Waals surface area contributed by atoms with Crippen LogP contribution in [-0.2, 0) is 11.2 Å². The minimum absolute atomic E-state index is 0.00126. The van der Waals surface area contributed by atoms with Crippen molar-refractivity contribution in [2.75, 3.05) is 20.8 Å². The molecule has 4 aromatic carbocycles. The lowest BCUT2D eigenvalue weighted by atomic mass is 9.85. The van der Waals surface area contributed by atoms with Gasteiger partial charge < -0.3 is 85.0 Å². The number of hydrogen-bond donors (Lipinski definition) is 12. The van der Waals surface area contributed by atoms with Crippen LogP contribution in [0, 0.1) is 0 Å². The van der Waals surface area contributed by atoms with Crippen molar-refractivity contribution in [3.05, 3.63) is 70.8 Å². The Kier molecular flexibility index (Phi) is 10.6. The van der Waals surface area contributed by atoms with E-state index >= 15 is 0 Å². The van der Waals surface area contributed by atoms with Gasteiger partial charge in [0.15, 0.2) is 23.0 Å². The molecule has 0 spiro atoms. The monoisotopic (exact) mass is 809 g/mol. The number of fused-ring (bicyclic) bond motifs is 2. The minimum Gasteiger partial charge on any atom is -0.507 e. The summed E-state index contributed by atoms with van der Waals surface area (Å²) in [6, 6.07) is 9.75. The molecule has 1 aromatic heterocycles. The van der Waals surface area contributed by atoms with Gasteiger partial charge in [-0.2, -0.15) is 0 Å². The predicted octanol–water partition coefficient (Wildman–Crippen LogP) is 2.70. The van der Waals surface area contributed by atoms with E-state index < -0.39 is 89.9 Å². The van der Waals surface area contributed by atoms with Gasteiger partial charge in [-0.25, -0.2) is 4.42 Å².